The largest absolute Gasteiger partial charge is 0.399 e. The van der Waals surface area contributed by atoms with E-state index < -0.39 is 0 Å². The van der Waals surface area contributed by atoms with Gasteiger partial charge < -0.3 is 4.84 Å². The molecule has 1 aromatic carbocycles. The summed E-state index contributed by atoms with van der Waals surface area (Å²) in [5.74, 6) is 0. The van der Waals surface area contributed by atoms with Crippen molar-refractivity contribution in [3.8, 4) is 0 Å². The molecular weight excluding hydrogens is 268 g/mol. The highest BCUT2D eigenvalue weighted by Crippen LogP contribution is 2.27. The van der Waals surface area contributed by atoms with Gasteiger partial charge >= 0.3 is 0 Å². The van der Waals surface area contributed by atoms with Crippen LogP contribution in [0.5, 0.6) is 0 Å². The monoisotopic (exact) mass is 292 g/mol. The second kappa shape index (κ2) is 6.64. The normalized spacial score (nSPS) is 17.5. The Morgan fingerprint density at radius 2 is 1.80 bits per heavy atom. The fraction of sp³-hybridized carbons (Fsp3) is 0.562. The Hall–Kier alpha value is -1.00. The summed E-state index contributed by atoms with van der Waals surface area (Å²) in [6.45, 7) is 6.74. The Labute approximate surface area is 126 Å². The van der Waals surface area contributed by atoms with Crippen LogP contribution in [0.2, 0.25) is 0 Å². The van der Waals surface area contributed by atoms with Gasteiger partial charge in [-0.3, -0.25) is 4.90 Å². The van der Waals surface area contributed by atoms with Crippen LogP contribution in [0.1, 0.15) is 32.3 Å². The Kier molecular flexibility index (Phi) is 5.11. The number of hydrogen-bond donors (Lipinski definition) is 0. The van der Waals surface area contributed by atoms with Crippen LogP contribution in [-0.4, -0.2) is 42.6 Å². The third-order valence-corrected chi connectivity index (χ3v) is 4.77. The quantitative estimate of drug-likeness (QED) is 0.470. The molecule has 0 spiro atoms. The maximum atomic E-state index is 5.12. The van der Waals surface area contributed by atoms with Crippen LogP contribution < -0.4 is 0 Å². The molecule has 20 heavy (non-hydrogen) atoms. The van der Waals surface area contributed by atoms with Gasteiger partial charge in [-0.1, -0.05) is 17.3 Å². The third kappa shape index (κ3) is 3.18. The van der Waals surface area contributed by atoms with Crippen molar-refractivity contribution in [1.29, 1.82) is 0 Å². The van der Waals surface area contributed by atoms with Crippen LogP contribution in [0.4, 0.5) is 0 Å². The highest BCUT2D eigenvalue weighted by molar-refractivity contribution is 7.98. The van der Waals surface area contributed by atoms with Crippen molar-refractivity contribution < 1.29 is 4.84 Å². The molecule has 3 nitrogen and oxygen atoms in total. The number of oxime groups is 1. The summed E-state index contributed by atoms with van der Waals surface area (Å²) < 4.78 is 0. The first-order valence-electron chi connectivity index (χ1n) is 7.10. The number of thioether (sulfide) groups is 1. The van der Waals surface area contributed by atoms with E-state index in [2.05, 4.69) is 54.4 Å². The van der Waals surface area contributed by atoms with Gasteiger partial charge in [0.25, 0.3) is 0 Å². The molecule has 1 saturated heterocycles. The molecule has 1 fully saturated rings. The fourth-order valence-corrected chi connectivity index (χ4v) is 3.19. The van der Waals surface area contributed by atoms with Crippen LogP contribution in [0, 0.1) is 0 Å². The molecule has 0 aromatic heterocycles. The van der Waals surface area contributed by atoms with Crippen LogP contribution >= 0.6 is 11.8 Å². The smallest absolute Gasteiger partial charge is 0.107 e. The molecule has 0 N–H and O–H groups in total. The van der Waals surface area contributed by atoms with Gasteiger partial charge in [-0.25, -0.2) is 0 Å². The van der Waals surface area contributed by atoms with E-state index >= 15 is 0 Å². The van der Waals surface area contributed by atoms with E-state index in [0.717, 1.165) is 24.4 Å². The fourth-order valence-electron chi connectivity index (χ4n) is 2.78. The summed E-state index contributed by atoms with van der Waals surface area (Å²) in [5.41, 5.74) is 2.05. The predicted molar refractivity (Wildman–Crippen MR) is 86.7 cm³/mol. The molecule has 0 radical (unpaired) electrons. The molecule has 0 unspecified atom stereocenters. The van der Waals surface area contributed by atoms with E-state index in [4.69, 9.17) is 4.84 Å². The zero-order valence-corrected chi connectivity index (χ0v) is 13.7. The highest BCUT2D eigenvalue weighted by atomic mass is 32.2. The van der Waals surface area contributed by atoms with Gasteiger partial charge in [0, 0.05) is 10.5 Å². The van der Waals surface area contributed by atoms with Crippen LogP contribution in [-0.2, 0) is 4.84 Å². The molecule has 1 aliphatic rings. The predicted octanol–water partition coefficient (Wildman–Crippen LogP) is 3.63. The minimum absolute atomic E-state index is 0.104. The molecule has 0 atom stereocenters. The summed E-state index contributed by atoms with van der Waals surface area (Å²) in [4.78, 5) is 8.88. The number of hydrogen-bond acceptors (Lipinski definition) is 4. The van der Waals surface area contributed by atoms with Crippen molar-refractivity contribution >= 4 is 17.5 Å². The van der Waals surface area contributed by atoms with Crippen molar-refractivity contribution in [2.45, 2.75) is 37.1 Å². The summed E-state index contributed by atoms with van der Waals surface area (Å²) in [5, 5.41) is 4.33. The van der Waals surface area contributed by atoms with Gasteiger partial charge in [0.15, 0.2) is 0 Å². The average molecular weight is 292 g/mol. The van der Waals surface area contributed by atoms with E-state index in [1.807, 2.05) is 0 Å². The summed E-state index contributed by atoms with van der Waals surface area (Å²) in [6, 6.07) is 8.57. The van der Waals surface area contributed by atoms with Crippen molar-refractivity contribution in [2.75, 3.05) is 26.5 Å². The van der Waals surface area contributed by atoms with Gasteiger partial charge in [0.05, 0.1) is 5.54 Å². The van der Waals surface area contributed by atoms with E-state index in [0.29, 0.717) is 0 Å². The first-order valence-corrected chi connectivity index (χ1v) is 8.33. The number of benzene rings is 1. The number of likely N-dealkylation sites (tertiary alicyclic amines) is 1. The third-order valence-electron chi connectivity index (χ3n) is 4.02. The molecule has 0 bridgehead atoms. The number of nitrogens with zero attached hydrogens (tertiary/aromatic N) is 2. The Bertz CT molecular complexity index is 462. The van der Waals surface area contributed by atoms with Crippen LogP contribution in [0.3, 0.4) is 0 Å². The average Bonchev–Trinajstić information content (AvgIpc) is 3.00. The molecule has 0 saturated carbocycles. The molecule has 0 amide bonds. The topological polar surface area (TPSA) is 24.8 Å². The van der Waals surface area contributed by atoms with Crippen molar-refractivity contribution in [1.82, 2.24) is 4.90 Å². The summed E-state index contributed by atoms with van der Waals surface area (Å²) in [6.07, 6.45) is 4.64. The Morgan fingerprint density at radius 3 is 2.30 bits per heavy atom. The van der Waals surface area contributed by atoms with E-state index in [1.54, 1.807) is 18.9 Å². The van der Waals surface area contributed by atoms with E-state index in [9.17, 15) is 0 Å². The van der Waals surface area contributed by atoms with Crippen molar-refractivity contribution in [2.24, 2.45) is 5.16 Å². The van der Waals surface area contributed by atoms with Crippen molar-refractivity contribution in [3.05, 3.63) is 29.8 Å². The zero-order valence-electron chi connectivity index (χ0n) is 12.8. The van der Waals surface area contributed by atoms with Crippen LogP contribution in [0.25, 0.3) is 0 Å². The number of rotatable bonds is 5. The second-order valence-electron chi connectivity index (χ2n) is 5.60. The first-order chi connectivity index (χ1) is 9.59. The summed E-state index contributed by atoms with van der Waals surface area (Å²) >= 11 is 1.75. The molecule has 0 aliphatic carbocycles. The molecule has 1 aliphatic heterocycles. The van der Waals surface area contributed by atoms with Gasteiger partial charge in [-0.05, 0) is 58.2 Å². The molecular formula is C16H24N2OS. The first kappa shape index (κ1) is 15.4. The van der Waals surface area contributed by atoms with Gasteiger partial charge in [0.1, 0.15) is 12.8 Å². The Balaban J connectivity index is 2.32. The van der Waals surface area contributed by atoms with Crippen LogP contribution in [0.15, 0.2) is 34.3 Å². The van der Waals surface area contributed by atoms with Gasteiger partial charge in [-0.15, -0.1) is 11.8 Å². The lowest BCUT2D eigenvalue weighted by Crippen LogP contribution is -2.49. The maximum Gasteiger partial charge on any atom is 0.107 e. The van der Waals surface area contributed by atoms with Gasteiger partial charge in [-0.2, -0.15) is 0 Å². The molecule has 1 aromatic rings. The molecule has 1 heterocycles. The lowest BCUT2D eigenvalue weighted by atomic mass is 9.90. The lowest BCUT2D eigenvalue weighted by Gasteiger charge is -2.36. The molecule has 110 valence electrons. The minimum Gasteiger partial charge on any atom is -0.399 e. The molecule has 4 heteroatoms. The van der Waals surface area contributed by atoms with E-state index in [-0.39, 0.29) is 5.54 Å². The highest BCUT2D eigenvalue weighted by Gasteiger charge is 2.35. The van der Waals surface area contributed by atoms with E-state index in [1.165, 1.54) is 17.7 Å². The Morgan fingerprint density at radius 1 is 1.20 bits per heavy atom. The standard InChI is InChI=1S/C16H24N2OS/c1-16(2,18-11-5-6-12-18)15(17-19-3)13-7-9-14(20-4)10-8-13/h7-10H,5-6,11-12H2,1-4H3. The molecule has 2 rings (SSSR count). The van der Waals surface area contributed by atoms with Gasteiger partial charge in [0.2, 0.25) is 0 Å². The SMILES string of the molecule is CON=C(c1ccc(SC)cc1)C(C)(C)N1CCCC1. The lowest BCUT2D eigenvalue weighted by molar-refractivity contribution is 0.188. The summed E-state index contributed by atoms with van der Waals surface area (Å²) in [7, 11) is 1.62. The zero-order chi connectivity index (χ0) is 14.6. The maximum absolute atomic E-state index is 5.12. The second-order valence-corrected chi connectivity index (χ2v) is 6.48. The van der Waals surface area contributed by atoms with Crippen molar-refractivity contribution in [3.63, 3.8) is 0 Å². The minimum atomic E-state index is -0.104.